The first kappa shape index (κ1) is 17.1. The third kappa shape index (κ3) is 4.23. The molecule has 0 radical (unpaired) electrons. The Kier molecular flexibility index (Phi) is 5.66. The highest BCUT2D eigenvalue weighted by Gasteiger charge is 2.24. The van der Waals surface area contributed by atoms with Crippen LogP contribution >= 0.6 is 11.3 Å². The molecule has 1 N–H and O–H groups in total. The van der Waals surface area contributed by atoms with E-state index in [0.717, 1.165) is 31.1 Å². The van der Waals surface area contributed by atoms with Crippen LogP contribution in [0, 0.1) is 6.92 Å². The Morgan fingerprint density at radius 3 is 2.50 bits per heavy atom. The first-order valence-electron chi connectivity index (χ1n) is 8.44. The quantitative estimate of drug-likeness (QED) is 0.907. The summed E-state index contributed by atoms with van der Waals surface area (Å²) in [5.41, 5.74) is 2.54. The van der Waals surface area contributed by atoms with Gasteiger partial charge in [-0.25, -0.2) is 0 Å². The molecule has 0 unspecified atom stereocenters. The van der Waals surface area contributed by atoms with Gasteiger partial charge in [0.2, 0.25) is 0 Å². The van der Waals surface area contributed by atoms with E-state index in [-0.39, 0.29) is 11.9 Å². The number of nitrogens with zero attached hydrogens (tertiary/aromatic N) is 2. The molecule has 2 heterocycles. The number of piperazine rings is 1. The molecule has 0 bridgehead atoms. The lowest BCUT2D eigenvalue weighted by Gasteiger charge is -2.38. The maximum atomic E-state index is 12.3. The first-order chi connectivity index (χ1) is 11.6. The van der Waals surface area contributed by atoms with Crippen LogP contribution in [0.3, 0.4) is 0 Å². The molecule has 1 atom stereocenters. The van der Waals surface area contributed by atoms with E-state index < -0.39 is 0 Å². The Morgan fingerprint density at radius 1 is 1.17 bits per heavy atom. The lowest BCUT2D eigenvalue weighted by Crippen LogP contribution is -2.48. The highest BCUT2D eigenvalue weighted by Crippen LogP contribution is 2.22. The summed E-state index contributed by atoms with van der Waals surface area (Å²) in [5.74, 6) is 0.0243. The molecule has 24 heavy (non-hydrogen) atoms. The van der Waals surface area contributed by atoms with Gasteiger partial charge in [0.1, 0.15) is 0 Å². The van der Waals surface area contributed by atoms with Gasteiger partial charge in [-0.3, -0.25) is 9.69 Å². The minimum absolute atomic E-state index is 0.0243. The van der Waals surface area contributed by atoms with Crippen LogP contribution in [0.15, 0.2) is 41.8 Å². The van der Waals surface area contributed by atoms with Crippen molar-refractivity contribution < 1.29 is 4.79 Å². The predicted octanol–water partition coefficient (Wildman–Crippen LogP) is 2.78. The molecule has 5 heteroatoms. The maximum Gasteiger partial charge on any atom is 0.261 e. The van der Waals surface area contributed by atoms with Crippen molar-refractivity contribution in [3.05, 3.63) is 57.8 Å². The molecule has 4 nitrogen and oxygen atoms in total. The summed E-state index contributed by atoms with van der Waals surface area (Å²) in [6, 6.07) is 12.7. The summed E-state index contributed by atoms with van der Waals surface area (Å²) in [7, 11) is 2.16. The molecule has 0 aliphatic carbocycles. The van der Waals surface area contributed by atoms with Gasteiger partial charge in [-0.1, -0.05) is 35.9 Å². The van der Waals surface area contributed by atoms with Crippen LogP contribution in [-0.4, -0.2) is 55.5 Å². The molecule has 0 spiro atoms. The molecule has 1 aromatic heterocycles. The number of thiophene rings is 1. The summed E-state index contributed by atoms with van der Waals surface area (Å²) in [6.07, 6.45) is 0. The molecule has 1 aliphatic heterocycles. The Bertz CT molecular complexity index is 646. The lowest BCUT2D eigenvalue weighted by atomic mass is 10.0. The van der Waals surface area contributed by atoms with Gasteiger partial charge in [0.25, 0.3) is 5.91 Å². The van der Waals surface area contributed by atoms with Crippen molar-refractivity contribution in [3.8, 4) is 0 Å². The van der Waals surface area contributed by atoms with Crippen LogP contribution < -0.4 is 5.32 Å². The smallest absolute Gasteiger partial charge is 0.261 e. The van der Waals surface area contributed by atoms with Crippen LogP contribution in [-0.2, 0) is 0 Å². The number of hydrogen-bond acceptors (Lipinski definition) is 4. The average molecular weight is 343 g/mol. The number of likely N-dealkylation sites (N-methyl/N-ethyl adjacent to an activating group) is 1. The Hall–Kier alpha value is -1.69. The number of amides is 1. The second-order valence-electron chi connectivity index (χ2n) is 6.45. The fourth-order valence-corrected chi connectivity index (χ4v) is 3.70. The molecule has 1 saturated heterocycles. The zero-order chi connectivity index (χ0) is 16.9. The van der Waals surface area contributed by atoms with E-state index in [9.17, 15) is 4.79 Å². The van der Waals surface area contributed by atoms with Gasteiger partial charge < -0.3 is 10.2 Å². The highest BCUT2D eigenvalue weighted by molar-refractivity contribution is 7.12. The van der Waals surface area contributed by atoms with Gasteiger partial charge in [0.15, 0.2) is 0 Å². The van der Waals surface area contributed by atoms with E-state index in [1.165, 1.54) is 22.5 Å². The summed E-state index contributed by atoms with van der Waals surface area (Å²) in [6.45, 7) is 6.95. The fourth-order valence-electron chi connectivity index (χ4n) is 3.06. The molecule has 0 saturated carbocycles. The van der Waals surface area contributed by atoms with Crippen molar-refractivity contribution in [2.45, 2.75) is 13.0 Å². The second-order valence-corrected chi connectivity index (χ2v) is 7.40. The molecular weight excluding hydrogens is 318 g/mol. The number of carbonyl (C=O) groups excluding carboxylic acids is 1. The fraction of sp³-hybridized carbons (Fsp3) is 0.421. The first-order valence-corrected chi connectivity index (χ1v) is 9.32. The van der Waals surface area contributed by atoms with Crippen molar-refractivity contribution >= 4 is 17.2 Å². The van der Waals surface area contributed by atoms with Crippen molar-refractivity contribution in [3.63, 3.8) is 0 Å². The van der Waals surface area contributed by atoms with Gasteiger partial charge in [-0.05, 0) is 31.0 Å². The normalized spacial score (nSPS) is 17.6. The van der Waals surface area contributed by atoms with E-state index >= 15 is 0 Å². The van der Waals surface area contributed by atoms with Gasteiger partial charge in [-0.15, -0.1) is 11.3 Å². The van der Waals surface area contributed by atoms with Crippen LogP contribution in [0.2, 0.25) is 0 Å². The molecule has 1 aliphatic rings. The lowest BCUT2D eigenvalue weighted by molar-refractivity contribution is 0.0889. The number of carbonyl (C=O) groups is 1. The number of nitrogens with one attached hydrogen (secondary N) is 1. The minimum Gasteiger partial charge on any atom is -0.349 e. The van der Waals surface area contributed by atoms with Crippen LogP contribution in [0.25, 0.3) is 0 Å². The topological polar surface area (TPSA) is 35.6 Å². The number of rotatable bonds is 5. The number of benzene rings is 1. The maximum absolute atomic E-state index is 12.3. The van der Waals surface area contributed by atoms with Crippen molar-refractivity contribution in [1.29, 1.82) is 0 Å². The van der Waals surface area contributed by atoms with E-state index in [1.807, 2.05) is 17.5 Å². The summed E-state index contributed by atoms with van der Waals surface area (Å²) < 4.78 is 0. The summed E-state index contributed by atoms with van der Waals surface area (Å²) in [5, 5.41) is 5.06. The molecule has 3 rings (SSSR count). The SMILES string of the molecule is Cc1ccc([C@@H](CNC(=O)c2cccs2)N2CCN(C)CC2)cc1. The molecule has 1 fully saturated rings. The molecule has 1 amide bonds. The number of aryl methyl sites for hydroxylation is 1. The summed E-state index contributed by atoms with van der Waals surface area (Å²) in [4.78, 5) is 17.9. The number of hydrogen-bond donors (Lipinski definition) is 1. The van der Waals surface area contributed by atoms with E-state index in [1.54, 1.807) is 0 Å². The predicted molar refractivity (Wildman–Crippen MR) is 99.6 cm³/mol. The van der Waals surface area contributed by atoms with Crippen LogP contribution in [0.1, 0.15) is 26.8 Å². The highest BCUT2D eigenvalue weighted by atomic mass is 32.1. The Balaban J connectivity index is 1.71. The van der Waals surface area contributed by atoms with Crippen molar-refractivity contribution in [1.82, 2.24) is 15.1 Å². The van der Waals surface area contributed by atoms with Crippen LogP contribution in [0.4, 0.5) is 0 Å². The van der Waals surface area contributed by atoms with Crippen molar-refractivity contribution in [2.75, 3.05) is 39.8 Å². The third-order valence-corrected chi connectivity index (χ3v) is 5.51. The standard InChI is InChI=1S/C19H25N3OS/c1-15-5-7-16(8-6-15)17(22-11-9-21(2)10-12-22)14-20-19(23)18-4-3-13-24-18/h3-8,13,17H,9-12,14H2,1-2H3,(H,20,23)/t17-/m1/s1. The van der Waals surface area contributed by atoms with Gasteiger partial charge in [0.05, 0.1) is 10.9 Å². The van der Waals surface area contributed by atoms with Crippen LogP contribution in [0.5, 0.6) is 0 Å². The van der Waals surface area contributed by atoms with E-state index in [2.05, 4.69) is 53.4 Å². The second kappa shape index (κ2) is 7.92. The largest absolute Gasteiger partial charge is 0.349 e. The van der Waals surface area contributed by atoms with Gasteiger partial charge >= 0.3 is 0 Å². The molecule has 1 aromatic carbocycles. The molecular formula is C19H25N3OS. The zero-order valence-electron chi connectivity index (χ0n) is 14.4. The third-order valence-electron chi connectivity index (χ3n) is 4.64. The Labute approximate surface area is 148 Å². The van der Waals surface area contributed by atoms with Gasteiger partial charge in [0, 0.05) is 32.7 Å². The van der Waals surface area contributed by atoms with Crippen molar-refractivity contribution in [2.24, 2.45) is 0 Å². The molecule has 128 valence electrons. The van der Waals surface area contributed by atoms with E-state index in [4.69, 9.17) is 0 Å². The summed E-state index contributed by atoms with van der Waals surface area (Å²) >= 11 is 1.48. The zero-order valence-corrected chi connectivity index (χ0v) is 15.2. The monoisotopic (exact) mass is 343 g/mol. The van der Waals surface area contributed by atoms with E-state index in [0.29, 0.717) is 6.54 Å². The minimum atomic E-state index is 0.0243. The molecule has 2 aromatic rings. The van der Waals surface area contributed by atoms with Gasteiger partial charge in [-0.2, -0.15) is 0 Å². The average Bonchev–Trinajstić information content (AvgIpc) is 3.12. The Morgan fingerprint density at radius 2 is 1.88 bits per heavy atom.